The van der Waals surface area contributed by atoms with Gasteiger partial charge in [0.2, 0.25) is 0 Å². The molecule has 5 heteroatoms. The van der Waals surface area contributed by atoms with Gasteiger partial charge in [-0.1, -0.05) is 18.2 Å². The second-order valence-corrected chi connectivity index (χ2v) is 4.41. The summed E-state index contributed by atoms with van der Waals surface area (Å²) >= 11 is 0. The molecule has 0 amide bonds. The second kappa shape index (κ2) is 6.02. The molecule has 0 atom stereocenters. The predicted octanol–water partition coefficient (Wildman–Crippen LogP) is 3.67. The van der Waals surface area contributed by atoms with Crippen molar-refractivity contribution < 1.29 is 13.2 Å². The first-order chi connectivity index (χ1) is 9.06. The summed E-state index contributed by atoms with van der Waals surface area (Å²) < 4.78 is 35.9. The summed E-state index contributed by atoms with van der Waals surface area (Å²) in [6.45, 7) is 0.931. The summed E-state index contributed by atoms with van der Waals surface area (Å²) in [5, 5.41) is 5.17. The number of aromatic nitrogens is 1. The fourth-order valence-corrected chi connectivity index (χ4v) is 1.98. The largest absolute Gasteiger partial charge is 0.389 e. The molecule has 0 fully saturated rings. The smallest absolute Gasteiger partial charge is 0.313 e. The number of fused-ring (bicyclic) bond motifs is 1. The standard InChI is InChI=1S/C14H15F3N2/c15-14(16,17)6-2-7-18-9-11-3-1-4-12-10-19-8-5-13(11)12/h1,3-5,8,10,18H,2,6-7,9H2. The second-order valence-electron chi connectivity index (χ2n) is 4.41. The van der Waals surface area contributed by atoms with Crippen LogP contribution in [0.1, 0.15) is 18.4 Å². The third-order valence-corrected chi connectivity index (χ3v) is 2.90. The lowest BCUT2D eigenvalue weighted by molar-refractivity contribution is -0.135. The van der Waals surface area contributed by atoms with Crippen LogP contribution in [0.3, 0.4) is 0 Å². The summed E-state index contributed by atoms with van der Waals surface area (Å²) in [6, 6.07) is 7.79. The number of nitrogens with zero attached hydrogens (tertiary/aromatic N) is 1. The zero-order chi connectivity index (χ0) is 13.7. The van der Waals surface area contributed by atoms with Crippen LogP contribution in [0.25, 0.3) is 10.8 Å². The van der Waals surface area contributed by atoms with E-state index in [1.54, 1.807) is 12.4 Å². The molecule has 19 heavy (non-hydrogen) atoms. The molecule has 1 N–H and O–H groups in total. The number of benzene rings is 1. The highest BCUT2D eigenvalue weighted by atomic mass is 19.4. The Labute approximate surface area is 109 Å². The fraction of sp³-hybridized carbons (Fsp3) is 0.357. The third kappa shape index (κ3) is 4.21. The van der Waals surface area contributed by atoms with E-state index in [2.05, 4.69) is 10.3 Å². The molecule has 2 nitrogen and oxygen atoms in total. The number of hydrogen-bond donors (Lipinski definition) is 1. The molecule has 0 saturated heterocycles. The van der Waals surface area contributed by atoms with Crippen LogP contribution in [0.2, 0.25) is 0 Å². The van der Waals surface area contributed by atoms with E-state index in [-0.39, 0.29) is 6.42 Å². The zero-order valence-corrected chi connectivity index (χ0v) is 10.4. The molecule has 2 aromatic rings. The first kappa shape index (κ1) is 13.8. The number of pyridine rings is 1. The van der Waals surface area contributed by atoms with E-state index in [9.17, 15) is 13.2 Å². The summed E-state index contributed by atoms with van der Waals surface area (Å²) in [7, 11) is 0. The van der Waals surface area contributed by atoms with E-state index in [1.165, 1.54) is 0 Å². The van der Waals surface area contributed by atoms with Crippen molar-refractivity contribution >= 4 is 10.8 Å². The summed E-state index contributed by atoms with van der Waals surface area (Å²) in [4.78, 5) is 4.05. The monoisotopic (exact) mass is 268 g/mol. The van der Waals surface area contributed by atoms with Gasteiger partial charge in [-0.05, 0) is 30.0 Å². The first-order valence-corrected chi connectivity index (χ1v) is 6.15. The molecule has 0 bridgehead atoms. The maximum absolute atomic E-state index is 12.0. The summed E-state index contributed by atoms with van der Waals surface area (Å²) in [6.07, 6.45) is -1.19. The average molecular weight is 268 g/mol. The molecule has 0 aliphatic carbocycles. The van der Waals surface area contributed by atoms with Crippen molar-refractivity contribution in [3.05, 3.63) is 42.2 Å². The molecular weight excluding hydrogens is 253 g/mol. The molecule has 1 aromatic carbocycles. The van der Waals surface area contributed by atoms with Crippen molar-refractivity contribution in [1.29, 1.82) is 0 Å². The van der Waals surface area contributed by atoms with Crippen LogP contribution in [0.4, 0.5) is 13.2 Å². The van der Waals surface area contributed by atoms with Crippen molar-refractivity contribution in [2.24, 2.45) is 0 Å². The molecule has 0 aliphatic heterocycles. The Morgan fingerprint density at radius 1 is 1.16 bits per heavy atom. The Bertz CT molecular complexity index is 532. The molecule has 0 radical (unpaired) electrons. The Kier molecular flexibility index (Phi) is 4.37. The molecule has 1 aromatic heterocycles. The van der Waals surface area contributed by atoms with Crippen molar-refractivity contribution in [3.63, 3.8) is 0 Å². The van der Waals surface area contributed by atoms with Gasteiger partial charge in [-0.25, -0.2) is 0 Å². The van der Waals surface area contributed by atoms with Crippen LogP contribution < -0.4 is 5.32 Å². The van der Waals surface area contributed by atoms with Gasteiger partial charge in [0.1, 0.15) is 0 Å². The van der Waals surface area contributed by atoms with Gasteiger partial charge < -0.3 is 5.32 Å². The highest BCUT2D eigenvalue weighted by molar-refractivity contribution is 5.84. The topological polar surface area (TPSA) is 24.9 Å². The van der Waals surface area contributed by atoms with Gasteiger partial charge in [-0.3, -0.25) is 4.98 Å². The van der Waals surface area contributed by atoms with Crippen molar-refractivity contribution in [1.82, 2.24) is 10.3 Å². The maximum Gasteiger partial charge on any atom is 0.389 e. The molecule has 0 unspecified atom stereocenters. The van der Waals surface area contributed by atoms with Gasteiger partial charge in [0.25, 0.3) is 0 Å². The lowest BCUT2D eigenvalue weighted by Crippen LogP contribution is -2.17. The number of nitrogens with one attached hydrogen (secondary N) is 1. The van der Waals surface area contributed by atoms with Gasteiger partial charge in [-0.15, -0.1) is 0 Å². The molecule has 102 valence electrons. The SMILES string of the molecule is FC(F)(F)CCCNCc1cccc2cnccc12. The fourth-order valence-electron chi connectivity index (χ4n) is 1.98. The zero-order valence-electron chi connectivity index (χ0n) is 10.4. The van der Waals surface area contributed by atoms with E-state index in [4.69, 9.17) is 0 Å². The minimum absolute atomic E-state index is 0.107. The number of alkyl halides is 3. The van der Waals surface area contributed by atoms with Crippen LogP contribution >= 0.6 is 0 Å². The van der Waals surface area contributed by atoms with E-state index in [1.807, 2.05) is 24.3 Å². The Hall–Kier alpha value is -1.62. The van der Waals surface area contributed by atoms with Crippen LogP contribution in [-0.2, 0) is 6.54 Å². The van der Waals surface area contributed by atoms with Crippen molar-refractivity contribution in [2.75, 3.05) is 6.54 Å². The third-order valence-electron chi connectivity index (χ3n) is 2.90. The minimum atomic E-state index is -4.06. The lowest BCUT2D eigenvalue weighted by atomic mass is 10.1. The molecule has 0 aliphatic rings. The van der Waals surface area contributed by atoms with Crippen LogP contribution in [0, 0.1) is 0 Å². The van der Waals surface area contributed by atoms with Crippen LogP contribution in [0.15, 0.2) is 36.7 Å². The molecule has 1 heterocycles. The van der Waals surface area contributed by atoms with Crippen LogP contribution in [0.5, 0.6) is 0 Å². The molecule has 0 saturated carbocycles. The van der Waals surface area contributed by atoms with Crippen LogP contribution in [-0.4, -0.2) is 17.7 Å². The van der Waals surface area contributed by atoms with E-state index < -0.39 is 12.6 Å². The molecule has 2 rings (SSSR count). The predicted molar refractivity (Wildman–Crippen MR) is 68.7 cm³/mol. The number of halogens is 3. The highest BCUT2D eigenvalue weighted by Crippen LogP contribution is 2.21. The lowest BCUT2D eigenvalue weighted by Gasteiger charge is -2.09. The Morgan fingerprint density at radius 3 is 2.79 bits per heavy atom. The summed E-state index contributed by atoms with van der Waals surface area (Å²) in [5.74, 6) is 0. The van der Waals surface area contributed by atoms with E-state index >= 15 is 0 Å². The highest BCUT2D eigenvalue weighted by Gasteiger charge is 2.25. The van der Waals surface area contributed by atoms with Gasteiger partial charge >= 0.3 is 6.18 Å². The van der Waals surface area contributed by atoms with Gasteiger partial charge in [-0.2, -0.15) is 13.2 Å². The van der Waals surface area contributed by atoms with Crippen molar-refractivity contribution in [2.45, 2.75) is 25.6 Å². The minimum Gasteiger partial charge on any atom is -0.313 e. The molecule has 0 spiro atoms. The number of rotatable bonds is 5. The van der Waals surface area contributed by atoms with E-state index in [0.717, 1.165) is 16.3 Å². The van der Waals surface area contributed by atoms with Gasteiger partial charge in [0, 0.05) is 30.7 Å². The molecular formula is C14H15F3N2. The first-order valence-electron chi connectivity index (χ1n) is 6.15. The summed E-state index contributed by atoms with van der Waals surface area (Å²) in [5.41, 5.74) is 1.08. The van der Waals surface area contributed by atoms with Gasteiger partial charge in [0.15, 0.2) is 0 Å². The average Bonchev–Trinajstić information content (AvgIpc) is 2.37. The van der Waals surface area contributed by atoms with E-state index in [0.29, 0.717) is 13.1 Å². The Balaban J connectivity index is 1.88. The normalized spacial score (nSPS) is 11.9. The number of hydrogen-bond acceptors (Lipinski definition) is 2. The van der Waals surface area contributed by atoms with Crippen molar-refractivity contribution in [3.8, 4) is 0 Å². The van der Waals surface area contributed by atoms with Gasteiger partial charge in [0.05, 0.1) is 0 Å². The Morgan fingerprint density at radius 2 is 2.00 bits per heavy atom. The maximum atomic E-state index is 12.0. The quantitative estimate of drug-likeness (QED) is 0.837.